The molecule has 1 atom stereocenters. The van der Waals surface area contributed by atoms with Gasteiger partial charge >= 0.3 is 12.2 Å². The number of anilines is 1. The van der Waals surface area contributed by atoms with Gasteiger partial charge in [-0.25, -0.2) is 17.5 Å². The van der Waals surface area contributed by atoms with Gasteiger partial charge in [0.25, 0.3) is 0 Å². The van der Waals surface area contributed by atoms with Gasteiger partial charge in [-0.1, -0.05) is 12.1 Å². The van der Waals surface area contributed by atoms with Crippen LogP contribution in [0.25, 0.3) is 0 Å². The van der Waals surface area contributed by atoms with E-state index in [2.05, 4.69) is 0 Å². The summed E-state index contributed by atoms with van der Waals surface area (Å²) in [5.41, 5.74) is -1.60. The lowest BCUT2D eigenvalue weighted by molar-refractivity contribution is -0.137. The fourth-order valence-corrected chi connectivity index (χ4v) is 6.46. The van der Waals surface area contributed by atoms with Crippen molar-refractivity contribution in [2.75, 3.05) is 17.4 Å². The Morgan fingerprint density at radius 3 is 2.30 bits per heavy atom. The van der Waals surface area contributed by atoms with Crippen LogP contribution in [0.5, 0.6) is 0 Å². The smallest absolute Gasteiger partial charge is 0.295 e. The molecule has 0 aromatic heterocycles. The van der Waals surface area contributed by atoms with E-state index in [4.69, 9.17) is 0 Å². The number of nitrogens with zero attached hydrogens (tertiary/aromatic N) is 3. The topological polar surface area (TPSA) is 139 Å². The molecule has 0 spiro atoms. The molecule has 2 aliphatic rings. The number of allylic oxidation sites excluding steroid dienone is 1. The third kappa shape index (κ3) is 4.71. The molecule has 0 saturated carbocycles. The maximum Gasteiger partial charge on any atom is 0.416 e. The molecule has 0 radical (unpaired) electrons. The number of Topliss-reactive ketones (excluding diaryl/α,β-unsaturated/α-hetero) is 1. The van der Waals surface area contributed by atoms with Crippen molar-refractivity contribution in [3.8, 4) is 6.07 Å². The summed E-state index contributed by atoms with van der Waals surface area (Å²) in [7, 11) is -8.07. The standard InChI is InChI=1S/C23H20F3N3O6S2/c1-36(32,33)19-10-13(12-27)6-7-16(19)21-20-17(8-9-18(20)30)28(22(31)29(21)37(2,34)35)15-5-3-4-14(11-15)23(24,25)26/h3-7,10-11,21,32-33H,8-9H2,1-2H3/t21-/m1/s1. The molecule has 37 heavy (non-hydrogen) atoms. The molecule has 1 aliphatic carbocycles. The van der Waals surface area contributed by atoms with Crippen LogP contribution in [0.4, 0.5) is 23.7 Å². The first kappa shape index (κ1) is 26.7. The summed E-state index contributed by atoms with van der Waals surface area (Å²) in [6, 6.07) is 6.34. The summed E-state index contributed by atoms with van der Waals surface area (Å²) in [5, 5.41) is 9.27. The highest BCUT2D eigenvalue weighted by atomic mass is 32.3. The molecule has 2 aromatic carbocycles. The van der Waals surface area contributed by atoms with E-state index in [1.807, 2.05) is 6.07 Å². The molecule has 2 aromatic rings. The van der Waals surface area contributed by atoms with E-state index >= 15 is 0 Å². The first-order valence-electron chi connectivity index (χ1n) is 10.6. The number of hydrogen-bond donors (Lipinski definition) is 2. The second kappa shape index (κ2) is 8.88. The Bertz CT molecular complexity index is 1510. The summed E-state index contributed by atoms with van der Waals surface area (Å²) in [6.07, 6.45) is -3.21. The number of benzene rings is 2. The predicted octanol–water partition coefficient (Wildman–Crippen LogP) is 4.88. The molecule has 0 unspecified atom stereocenters. The van der Waals surface area contributed by atoms with Crippen LogP contribution >= 0.6 is 10.6 Å². The fraction of sp³-hybridized carbons (Fsp3) is 0.261. The Morgan fingerprint density at radius 1 is 1.05 bits per heavy atom. The van der Waals surface area contributed by atoms with Crippen LogP contribution in [0.15, 0.2) is 58.6 Å². The summed E-state index contributed by atoms with van der Waals surface area (Å²) >= 11 is 0. The van der Waals surface area contributed by atoms with E-state index < -0.39 is 50.2 Å². The predicted molar refractivity (Wildman–Crippen MR) is 128 cm³/mol. The summed E-state index contributed by atoms with van der Waals surface area (Å²) < 4.78 is 87.4. The van der Waals surface area contributed by atoms with Crippen molar-refractivity contribution >= 4 is 38.1 Å². The second-order valence-corrected chi connectivity index (χ2v) is 12.6. The molecule has 4 rings (SSSR count). The van der Waals surface area contributed by atoms with E-state index in [0.717, 1.165) is 29.4 Å². The van der Waals surface area contributed by atoms with Crippen molar-refractivity contribution in [3.05, 3.63) is 70.4 Å². The van der Waals surface area contributed by atoms with Crippen LogP contribution in [-0.2, 0) is 21.0 Å². The number of urea groups is 1. The largest absolute Gasteiger partial charge is 0.416 e. The zero-order valence-corrected chi connectivity index (χ0v) is 21.0. The average molecular weight is 556 g/mol. The van der Waals surface area contributed by atoms with E-state index in [9.17, 15) is 45.5 Å². The van der Waals surface area contributed by atoms with Crippen LogP contribution in [0, 0.1) is 11.3 Å². The number of nitriles is 1. The third-order valence-corrected chi connectivity index (χ3v) is 8.27. The van der Waals surface area contributed by atoms with Crippen molar-refractivity contribution in [1.82, 2.24) is 4.31 Å². The highest BCUT2D eigenvalue weighted by Crippen LogP contribution is 2.53. The lowest BCUT2D eigenvalue weighted by Gasteiger charge is -2.42. The van der Waals surface area contributed by atoms with Crippen molar-refractivity contribution in [1.29, 1.82) is 5.26 Å². The summed E-state index contributed by atoms with van der Waals surface area (Å²) in [5.74, 6) is -0.555. The van der Waals surface area contributed by atoms with E-state index in [1.165, 1.54) is 18.2 Å². The third-order valence-electron chi connectivity index (χ3n) is 6.00. The van der Waals surface area contributed by atoms with Crippen molar-refractivity contribution in [3.63, 3.8) is 0 Å². The monoisotopic (exact) mass is 555 g/mol. The number of halogens is 3. The molecule has 1 heterocycles. The number of sulfonamides is 1. The van der Waals surface area contributed by atoms with E-state index in [1.54, 1.807) is 0 Å². The zero-order chi connectivity index (χ0) is 27.5. The maximum absolute atomic E-state index is 13.7. The Balaban J connectivity index is 2.05. The Labute approximate surface area is 211 Å². The van der Waals surface area contributed by atoms with Gasteiger partial charge < -0.3 is 0 Å². The number of rotatable bonds is 4. The number of carbonyl (C=O) groups excluding carboxylic acids is 2. The highest BCUT2D eigenvalue weighted by molar-refractivity contribution is 8.23. The van der Waals surface area contributed by atoms with Gasteiger partial charge in [0, 0.05) is 29.5 Å². The van der Waals surface area contributed by atoms with Gasteiger partial charge in [-0.05, 0) is 36.8 Å². The van der Waals surface area contributed by atoms with E-state index in [0.29, 0.717) is 16.6 Å². The fourth-order valence-electron chi connectivity index (χ4n) is 4.51. The Morgan fingerprint density at radius 2 is 1.73 bits per heavy atom. The van der Waals surface area contributed by atoms with Crippen LogP contribution in [0.2, 0.25) is 0 Å². The number of amides is 2. The van der Waals surface area contributed by atoms with Gasteiger partial charge in [-0.15, -0.1) is 0 Å². The summed E-state index contributed by atoms with van der Waals surface area (Å²) in [4.78, 5) is 27.4. The van der Waals surface area contributed by atoms with Gasteiger partial charge in [0.1, 0.15) is 6.04 Å². The minimum atomic E-state index is -4.75. The van der Waals surface area contributed by atoms with Gasteiger partial charge in [0.2, 0.25) is 10.0 Å². The molecular formula is C23H20F3N3O6S2. The molecule has 0 fully saturated rings. The molecule has 2 amide bonds. The van der Waals surface area contributed by atoms with Crippen LogP contribution in [0.3, 0.4) is 0 Å². The molecule has 14 heteroatoms. The van der Waals surface area contributed by atoms with Gasteiger partial charge in [-0.3, -0.25) is 18.8 Å². The van der Waals surface area contributed by atoms with Crippen LogP contribution in [-0.4, -0.2) is 46.2 Å². The molecule has 1 aliphatic heterocycles. The van der Waals surface area contributed by atoms with Gasteiger partial charge in [-0.2, -0.15) is 29.0 Å². The lowest BCUT2D eigenvalue weighted by atomic mass is 9.93. The molecular weight excluding hydrogens is 535 g/mol. The number of alkyl halides is 3. The van der Waals surface area contributed by atoms with Gasteiger partial charge in [0.15, 0.2) is 5.78 Å². The second-order valence-electron chi connectivity index (χ2n) is 8.61. The van der Waals surface area contributed by atoms with Crippen molar-refractivity contribution in [2.45, 2.75) is 30.0 Å². The van der Waals surface area contributed by atoms with Gasteiger partial charge in [0.05, 0.1) is 34.0 Å². The molecule has 9 nitrogen and oxygen atoms in total. The minimum absolute atomic E-state index is 0.0158. The first-order chi connectivity index (χ1) is 17.1. The van der Waals surface area contributed by atoms with Crippen LogP contribution < -0.4 is 4.90 Å². The maximum atomic E-state index is 13.7. The molecule has 0 bridgehead atoms. The van der Waals surface area contributed by atoms with Crippen LogP contribution in [0.1, 0.15) is 35.6 Å². The van der Waals surface area contributed by atoms with Crippen molar-refractivity contribution < 1.29 is 40.3 Å². The van der Waals surface area contributed by atoms with Crippen molar-refractivity contribution in [2.24, 2.45) is 0 Å². The Kier molecular flexibility index (Phi) is 6.40. The average Bonchev–Trinajstić information content (AvgIpc) is 3.17. The quantitative estimate of drug-likeness (QED) is 0.548. The zero-order valence-electron chi connectivity index (χ0n) is 19.4. The molecule has 196 valence electrons. The SMILES string of the molecule is CS(O)(O)c1cc(C#N)ccc1[C@@H]1C2=C(CCC2=O)N(c2cccc(C(F)(F)F)c2)C(=O)N1S(C)(=O)=O. The number of carbonyl (C=O) groups is 2. The first-order valence-corrected chi connectivity index (χ1v) is 14.4. The minimum Gasteiger partial charge on any atom is -0.295 e. The lowest BCUT2D eigenvalue weighted by Crippen LogP contribution is -2.52. The number of hydrogen-bond acceptors (Lipinski definition) is 7. The van der Waals surface area contributed by atoms with E-state index in [-0.39, 0.29) is 45.8 Å². The normalized spacial score (nSPS) is 19.2. The highest BCUT2D eigenvalue weighted by Gasteiger charge is 2.50. The summed E-state index contributed by atoms with van der Waals surface area (Å²) in [6.45, 7) is 0. The Hall–Kier alpha value is -3.38. The number of ketones is 1. The molecule has 0 saturated heterocycles. The molecule has 2 N–H and O–H groups in total.